The Hall–Kier alpha value is -3.43. The highest BCUT2D eigenvalue weighted by Crippen LogP contribution is 2.36. The minimum atomic E-state index is -5.15. The van der Waals surface area contributed by atoms with E-state index in [9.17, 15) is 26.7 Å². The fourth-order valence-electron chi connectivity index (χ4n) is 2.61. The van der Waals surface area contributed by atoms with Crippen molar-refractivity contribution in [3.8, 4) is 11.1 Å². The van der Waals surface area contributed by atoms with E-state index in [1.54, 1.807) is 19.1 Å². The molecule has 32 heavy (non-hydrogen) atoms. The topological polar surface area (TPSA) is 76.7 Å². The van der Waals surface area contributed by atoms with Crippen LogP contribution in [0.15, 0.2) is 53.3 Å². The van der Waals surface area contributed by atoms with Gasteiger partial charge in [-0.15, -0.1) is 0 Å². The largest absolute Gasteiger partial charge is 0.444 e. The van der Waals surface area contributed by atoms with Gasteiger partial charge in [0.25, 0.3) is 0 Å². The lowest BCUT2D eigenvalue weighted by molar-refractivity contribution is -0.0584. The van der Waals surface area contributed by atoms with E-state index in [4.69, 9.17) is 10.5 Å². The van der Waals surface area contributed by atoms with Gasteiger partial charge in [-0.2, -0.15) is 13.2 Å². The molecule has 1 amide bonds. The molecule has 0 aromatic heterocycles. The van der Waals surface area contributed by atoms with Crippen molar-refractivity contribution in [1.82, 2.24) is 5.32 Å². The summed E-state index contributed by atoms with van der Waals surface area (Å²) >= 11 is 0. The molecule has 0 unspecified atom stereocenters. The van der Waals surface area contributed by atoms with Gasteiger partial charge in [0.1, 0.15) is 17.1 Å². The number of aliphatic imine (C=N–C) groups is 1. The molecule has 0 bridgehead atoms. The van der Waals surface area contributed by atoms with Crippen molar-refractivity contribution in [3.05, 3.63) is 65.5 Å². The molecule has 172 valence electrons. The lowest BCUT2D eigenvalue weighted by Crippen LogP contribution is -2.38. The third-order valence-electron chi connectivity index (χ3n) is 3.94. The van der Waals surface area contributed by atoms with E-state index in [-0.39, 0.29) is 11.1 Å². The number of nitrogens with one attached hydrogen (secondary N) is 1. The van der Waals surface area contributed by atoms with E-state index >= 15 is 0 Å². The number of aryl methyl sites for hydroxylation is 1. The molecule has 0 aliphatic heterocycles. The number of ether oxygens (including phenoxy) is 1. The molecule has 2 aromatic rings. The number of carbonyl (C=O) groups excluding carboxylic acids is 1. The molecule has 2 rings (SSSR count). The number of nitrogens with two attached hydrogens (primary N) is 1. The van der Waals surface area contributed by atoms with E-state index < -0.39 is 46.6 Å². The maximum Gasteiger partial charge on any atom is 0.435 e. The van der Waals surface area contributed by atoms with Crippen LogP contribution in [0.2, 0.25) is 0 Å². The Balaban J connectivity index is 2.64. The highest BCUT2D eigenvalue weighted by molar-refractivity contribution is 6.07. The van der Waals surface area contributed by atoms with E-state index in [2.05, 4.69) is 4.99 Å². The van der Waals surface area contributed by atoms with Crippen molar-refractivity contribution in [2.24, 2.45) is 10.7 Å². The number of amides is 1. The first-order valence-corrected chi connectivity index (χ1v) is 9.35. The summed E-state index contributed by atoms with van der Waals surface area (Å²) in [6, 6.07) is 7.53. The van der Waals surface area contributed by atoms with Crippen LogP contribution in [-0.4, -0.2) is 23.6 Å². The summed E-state index contributed by atoms with van der Waals surface area (Å²) < 4.78 is 74.9. The first kappa shape index (κ1) is 24.8. The molecule has 10 heteroatoms. The number of rotatable bonds is 4. The Morgan fingerprint density at radius 3 is 2.19 bits per heavy atom. The second kappa shape index (κ2) is 9.37. The van der Waals surface area contributed by atoms with Crippen molar-refractivity contribution < 1.29 is 31.5 Å². The summed E-state index contributed by atoms with van der Waals surface area (Å²) in [6.45, 7) is 6.31. The minimum absolute atomic E-state index is 0.210. The van der Waals surface area contributed by atoms with E-state index in [0.717, 1.165) is 11.6 Å². The molecule has 5 nitrogen and oxygen atoms in total. The Kier molecular flexibility index (Phi) is 7.27. The Morgan fingerprint density at radius 2 is 1.69 bits per heavy atom. The minimum Gasteiger partial charge on any atom is -0.444 e. The smallest absolute Gasteiger partial charge is 0.435 e. The highest BCUT2D eigenvalue weighted by Gasteiger charge is 2.40. The monoisotopic (exact) mass is 455 g/mol. The number of allylic oxidation sites excluding steroid dienone is 1. The van der Waals surface area contributed by atoms with Gasteiger partial charge in [0.15, 0.2) is 11.5 Å². The first-order valence-electron chi connectivity index (χ1n) is 9.35. The Morgan fingerprint density at radius 1 is 1.09 bits per heavy atom. The average Bonchev–Trinajstić information content (AvgIpc) is 2.63. The summed E-state index contributed by atoms with van der Waals surface area (Å²) in [4.78, 5) is 15.4. The number of carbonyl (C=O) groups is 1. The normalized spacial score (nSPS) is 13.2. The molecule has 0 fully saturated rings. The van der Waals surface area contributed by atoms with Crippen LogP contribution in [0.3, 0.4) is 0 Å². The van der Waals surface area contributed by atoms with Gasteiger partial charge < -0.3 is 10.5 Å². The van der Waals surface area contributed by atoms with Gasteiger partial charge in [-0.05, 0) is 39.3 Å². The van der Waals surface area contributed by atoms with Crippen molar-refractivity contribution in [2.75, 3.05) is 0 Å². The van der Waals surface area contributed by atoms with Crippen LogP contribution < -0.4 is 11.1 Å². The predicted octanol–water partition coefficient (Wildman–Crippen LogP) is 5.90. The van der Waals surface area contributed by atoms with Gasteiger partial charge >= 0.3 is 12.3 Å². The zero-order valence-electron chi connectivity index (χ0n) is 17.8. The van der Waals surface area contributed by atoms with Gasteiger partial charge in [0, 0.05) is 17.8 Å². The maximum atomic E-state index is 14.6. The number of hydrogen-bond acceptors (Lipinski definition) is 4. The van der Waals surface area contributed by atoms with Crippen LogP contribution in [0.25, 0.3) is 11.1 Å². The van der Waals surface area contributed by atoms with Crippen molar-refractivity contribution >= 4 is 17.5 Å². The second-order valence-corrected chi connectivity index (χ2v) is 7.82. The molecule has 3 N–H and O–H groups in total. The quantitative estimate of drug-likeness (QED) is 0.445. The maximum absolute atomic E-state index is 14.6. The van der Waals surface area contributed by atoms with Crippen molar-refractivity contribution in [2.45, 2.75) is 39.5 Å². The van der Waals surface area contributed by atoms with Gasteiger partial charge in [0.05, 0.1) is 5.70 Å². The molecule has 0 spiro atoms. The third kappa shape index (κ3) is 6.53. The highest BCUT2D eigenvalue weighted by atomic mass is 19.4. The molecular weight excluding hydrogens is 433 g/mol. The summed E-state index contributed by atoms with van der Waals surface area (Å²) in [6.07, 6.45) is -5.90. The van der Waals surface area contributed by atoms with Crippen LogP contribution >= 0.6 is 0 Å². The molecule has 0 saturated heterocycles. The summed E-state index contributed by atoms with van der Waals surface area (Å²) in [5, 5.41) is 1.88. The standard InChI is InChI=1S/C22H22F5N3O2/c1-12-5-7-13(8-6-12)15-9-14(23)10-16(24)18(15)30-19(22(25,26)27)17(11-28)29-20(31)32-21(2,3)4/h5-11H,28H2,1-4H3,(H,29,31). The number of benzene rings is 2. The van der Waals surface area contributed by atoms with E-state index in [0.29, 0.717) is 12.3 Å². The first-order chi connectivity index (χ1) is 14.7. The van der Waals surface area contributed by atoms with Crippen molar-refractivity contribution in [1.29, 1.82) is 0 Å². The molecule has 0 heterocycles. The molecule has 0 atom stereocenters. The number of hydrogen-bond donors (Lipinski definition) is 2. The molecule has 2 aromatic carbocycles. The van der Waals surface area contributed by atoms with Crippen molar-refractivity contribution in [3.63, 3.8) is 0 Å². The van der Waals surface area contributed by atoms with Gasteiger partial charge in [-0.1, -0.05) is 29.8 Å². The Labute approximate surface area is 181 Å². The summed E-state index contributed by atoms with van der Waals surface area (Å²) in [5.74, 6) is -2.32. The molecule has 0 aliphatic carbocycles. The van der Waals surface area contributed by atoms with Gasteiger partial charge in [-0.3, -0.25) is 5.32 Å². The van der Waals surface area contributed by atoms with Crippen LogP contribution in [-0.2, 0) is 4.74 Å². The average molecular weight is 455 g/mol. The van der Waals surface area contributed by atoms with Crippen LogP contribution in [0.4, 0.5) is 32.4 Å². The predicted molar refractivity (Wildman–Crippen MR) is 111 cm³/mol. The number of alkyl halides is 3. The Bertz CT molecular complexity index is 1050. The SMILES string of the molecule is Cc1ccc(-c2cc(F)cc(F)c2N=C(C(=CN)NC(=O)OC(C)(C)C)C(F)(F)F)cc1. The second-order valence-electron chi connectivity index (χ2n) is 7.82. The summed E-state index contributed by atoms with van der Waals surface area (Å²) in [7, 11) is 0. The van der Waals surface area contributed by atoms with Gasteiger partial charge in [-0.25, -0.2) is 18.6 Å². The van der Waals surface area contributed by atoms with E-state index in [1.165, 1.54) is 32.9 Å². The lowest BCUT2D eigenvalue weighted by atomic mass is 10.0. The fraction of sp³-hybridized carbons (Fsp3) is 0.273. The van der Waals surface area contributed by atoms with Crippen LogP contribution in [0, 0.1) is 18.6 Å². The number of alkyl carbamates (subject to hydrolysis) is 1. The van der Waals surface area contributed by atoms with Gasteiger partial charge in [0.2, 0.25) is 0 Å². The number of halogens is 5. The zero-order chi connectivity index (χ0) is 24.3. The van der Waals surface area contributed by atoms with Crippen LogP contribution in [0.1, 0.15) is 26.3 Å². The molecule has 0 radical (unpaired) electrons. The third-order valence-corrected chi connectivity index (χ3v) is 3.94. The van der Waals surface area contributed by atoms with Crippen LogP contribution in [0.5, 0.6) is 0 Å². The lowest BCUT2D eigenvalue weighted by Gasteiger charge is -2.21. The zero-order valence-corrected chi connectivity index (χ0v) is 17.8. The molecule has 0 aliphatic rings. The summed E-state index contributed by atoms with van der Waals surface area (Å²) in [5.41, 5.74) is 1.75. The molecular formula is C22H22F5N3O2. The fourth-order valence-corrected chi connectivity index (χ4v) is 2.61. The number of nitrogens with zero attached hydrogens (tertiary/aromatic N) is 1. The molecule has 0 saturated carbocycles. The van der Waals surface area contributed by atoms with E-state index in [1.807, 2.05) is 5.32 Å².